The van der Waals surface area contributed by atoms with Gasteiger partial charge in [-0.2, -0.15) is 0 Å². The lowest BCUT2D eigenvalue weighted by molar-refractivity contribution is -0.430. The molecule has 5 rings (SSSR count). The molecule has 0 saturated heterocycles. The molecule has 0 radical (unpaired) electrons. The molecule has 0 nitrogen and oxygen atoms in total. The van der Waals surface area contributed by atoms with Crippen molar-refractivity contribution < 1.29 is 0 Å². The largest absolute Gasteiger partial charge is 0.0817 e. The Hall–Kier alpha value is 0.730. The summed E-state index contributed by atoms with van der Waals surface area (Å²) in [5.74, 6) is 3.21. The maximum absolute atomic E-state index is 2.83. The summed E-state index contributed by atoms with van der Waals surface area (Å²) in [4.78, 5) is 0. The molecule has 0 aromatic carbocycles. The molecule has 5 aliphatic carbocycles. The van der Waals surface area contributed by atoms with E-state index >= 15 is 0 Å². The molecule has 2 spiro atoms. The Morgan fingerprint density at radius 1 is 1.00 bits per heavy atom. The zero-order valence-corrected chi connectivity index (χ0v) is 14.1. The summed E-state index contributed by atoms with van der Waals surface area (Å²) in [5.41, 5.74) is 3.13. The minimum Gasteiger partial charge on any atom is -0.0817 e. The summed E-state index contributed by atoms with van der Waals surface area (Å²) in [6, 6.07) is 0. The SMILES string of the molecule is C[C@@H]1CC2C[C@@]3(C)CCC23C23CCC2(C)[C@H](I)C13. The van der Waals surface area contributed by atoms with Crippen LogP contribution in [0.1, 0.15) is 59.3 Å². The van der Waals surface area contributed by atoms with Crippen LogP contribution in [-0.4, -0.2) is 3.92 Å². The Kier molecular flexibility index (Phi) is 1.72. The van der Waals surface area contributed by atoms with Gasteiger partial charge in [0.05, 0.1) is 0 Å². The van der Waals surface area contributed by atoms with Crippen LogP contribution in [0.4, 0.5) is 0 Å². The van der Waals surface area contributed by atoms with Crippen molar-refractivity contribution in [3.63, 3.8) is 0 Å². The zero-order chi connectivity index (χ0) is 12.6. The highest BCUT2D eigenvalue weighted by atomic mass is 127. The number of hydrogen-bond acceptors (Lipinski definition) is 0. The van der Waals surface area contributed by atoms with E-state index in [1.165, 1.54) is 6.42 Å². The molecular formula is C17H25I. The first-order valence-corrected chi connectivity index (χ1v) is 9.32. The van der Waals surface area contributed by atoms with Crippen molar-refractivity contribution in [1.82, 2.24) is 0 Å². The van der Waals surface area contributed by atoms with Crippen molar-refractivity contribution in [3.8, 4) is 0 Å². The van der Waals surface area contributed by atoms with Crippen LogP contribution in [-0.2, 0) is 0 Å². The molecule has 0 bridgehead atoms. The summed E-state index contributed by atoms with van der Waals surface area (Å²) in [6.45, 7) is 7.89. The van der Waals surface area contributed by atoms with E-state index in [4.69, 9.17) is 0 Å². The quantitative estimate of drug-likeness (QED) is 0.421. The molecule has 5 fully saturated rings. The van der Waals surface area contributed by atoms with E-state index in [9.17, 15) is 0 Å². The fraction of sp³-hybridized carbons (Fsp3) is 1.00. The molecule has 5 unspecified atom stereocenters. The summed E-state index contributed by atoms with van der Waals surface area (Å²) in [5, 5.41) is 0. The van der Waals surface area contributed by atoms with Crippen LogP contribution >= 0.6 is 22.6 Å². The molecule has 0 aromatic heterocycles. The van der Waals surface area contributed by atoms with Gasteiger partial charge in [-0.05, 0) is 77.9 Å². The molecule has 18 heavy (non-hydrogen) atoms. The van der Waals surface area contributed by atoms with Crippen LogP contribution in [0.5, 0.6) is 0 Å². The average molecular weight is 356 g/mol. The number of hydrogen-bond donors (Lipinski definition) is 0. The van der Waals surface area contributed by atoms with Gasteiger partial charge in [0.1, 0.15) is 0 Å². The smallest absolute Gasteiger partial charge is 0.0205 e. The molecule has 0 aliphatic heterocycles. The molecule has 0 aromatic rings. The van der Waals surface area contributed by atoms with E-state index in [0.717, 1.165) is 43.3 Å². The maximum Gasteiger partial charge on any atom is 0.0205 e. The fourth-order valence-electron chi connectivity index (χ4n) is 8.47. The summed E-state index contributed by atoms with van der Waals surface area (Å²) >= 11 is 2.83. The van der Waals surface area contributed by atoms with E-state index in [1.54, 1.807) is 32.1 Å². The first-order chi connectivity index (χ1) is 8.43. The highest BCUT2D eigenvalue weighted by molar-refractivity contribution is 14.1. The third kappa shape index (κ3) is 0.703. The maximum atomic E-state index is 2.83. The normalized spacial score (nSPS) is 75.3. The Morgan fingerprint density at radius 3 is 2.22 bits per heavy atom. The van der Waals surface area contributed by atoms with Crippen molar-refractivity contribution in [1.29, 1.82) is 0 Å². The second kappa shape index (κ2) is 2.72. The van der Waals surface area contributed by atoms with Gasteiger partial charge in [0.15, 0.2) is 0 Å². The minimum atomic E-state index is 0.729. The lowest BCUT2D eigenvalue weighted by Gasteiger charge is -2.93. The first kappa shape index (κ1) is 11.4. The molecule has 0 heterocycles. The van der Waals surface area contributed by atoms with Gasteiger partial charge in [0, 0.05) is 3.92 Å². The summed E-state index contributed by atoms with van der Waals surface area (Å²) in [7, 11) is 0. The van der Waals surface area contributed by atoms with Crippen LogP contribution < -0.4 is 0 Å². The third-order valence-electron chi connectivity index (χ3n) is 9.16. The van der Waals surface area contributed by atoms with Crippen LogP contribution in [0.25, 0.3) is 0 Å². The monoisotopic (exact) mass is 356 g/mol. The van der Waals surface area contributed by atoms with Crippen molar-refractivity contribution in [2.45, 2.75) is 63.2 Å². The summed E-state index contributed by atoms with van der Waals surface area (Å²) in [6.07, 6.45) is 9.41. The number of halogens is 1. The topological polar surface area (TPSA) is 0 Å². The summed E-state index contributed by atoms with van der Waals surface area (Å²) < 4.78 is 0.986. The van der Waals surface area contributed by atoms with Crippen molar-refractivity contribution in [3.05, 3.63) is 0 Å². The minimum absolute atomic E-state index is 0.729. The molecule has 5 saturated carbocycles. The Balaban J connectivity index is 1.69. The van der Waals surface area contributed by atoms with Crippen molar-refractivity contribution in [2.24, 2.45) is 39.4 Å². The van der Waals surface area contributed by atoms with E-state index in [0.29, 0.717) is 0 Å². The first-order valence-electron chi connectivity index (χ1n) is 8.07. The van der Waals surface area contributed by atoms with Gasteiger partial charge in [0.2, 0.25) is 0 Å². The molecular weight excluding hydrogens is 331 g/mol. The van der Waals surface area contributed by atoms with Gasteiger partial charge in [-0.25, -0.2) is 0 Å². The second-order valence-corrected chi connectivity index (χ2v) is 10.3. The lowest BCUT2D eigenvalue weighted by atomic mass is 9.12. The van der Waals surface area contributed by atoms with E-state index < -0.39 is 0 Å². The van der Waals surface area contributed by atoms with Crippen molar-refractivity contribution in [2.75, 3.05) is 0 Å². The second-order valence-electron chi connectivity index (χ2n) is 8.96. The molecule has 0 N–H and O–H groups in total. The van der Waals surface area contributed by atoms with Crippen LogP contribution in [0.15, 0.2) is 0 Å². The van der Waals surface area contributed by atoms with Crippen molar-refractivity contribution >= 4 is 22.6 Å². The van der Waals surface area contributed by atoms with Crippen LogP contribution in [0.3, 0.4) is 0 Å². The van der Waals surface area contributed by atoms with Crippen LogP contribution in [0, 0.1) is 39.4 Å². The van der Waals surface area contributed by atoms with Gasteiger partial charge in [-0.1, -0.05) is 43.4 Å². The number of rotatable bonds is 0. The zero-order valence-electron chi connectivity index (χ0n) is 11.9. The standard InChI is InChI=1S/C17H25I/c1-10-8-11-9-14(2)4-6-16(11,14)17-7-5-15(17,3)13(18)12(10)17/h10-13H,4-9H2,1-3H3/t10-,11?,12?,13-,14-,15?,16?,17?/m1/s1. The highest BCUT2D eigenvalue weighted by Gasteiger charge is 2.90. The Morgan fingerprint density at radius 2 is 1.72 bits per heavy atom. The van der Waals surface area contributed by atoms with Gasteiger partial charge in [-0.15, -0.1) is 0 Å². The molecule has 0 amide bonds. The van der Waals surface area contributed by atoms with Gasteiger partial charge >= 0.3 is 0 Å². The van der Waals surface area contributed by atoms with Gasteiger partial charge < -0.3 is 0 Å². The predicted octanol–water partition coefficient (Wildman–Crippen LogP) is 5.05. The van der Waals surface area contributed by atoms with E-state index in [2.05, 4.69) is 43.4 Å². The lowest BCUT2D eigenvalue weighted by Crippen LogP contribution is -2.88. The predicted molar refractivity (Wildman–Crippen MR) is 82.7 cm³/mol. The third-order valence-corrected chi connectivity index (χ3v) is 11.3. The molecule has 5 aliphatic rings. The molecule has 8 atom stereocenters. The number of alkyl halides is 1. The van der Waals surface area contributed by atoms with Crippen LogP contribution in [0.2, 0.25) is 0 Å². The highest BCUT2D eigenvalue weighted by Crippen LogP contribution is 2.95. The van der Waals surface area contributed by atoms with E-state index in [-0.39, 0.29) is 0 Å². The Bertz CT molecular complexity index is 459. The fourth-order valence-corrected chi connectivity index (χ4v) is 10.7. The molecule has 100 valence electrons. The van der Waals surface area contributed by atoms with Gasteiger partial charge in [-0.3, -0.25) is 0 Å². The van der Waals surface area contributed by atoms with E-state index in [1.807, 2.05) is 0 Å². The Labute approximate surface area is 125 Å². The average Bonchev–Trinajstić information content (AvgIpc) is 2.33. The van der Waals surface area contributed by atoms with Gasteiger partial charge in [0.25, 0.3) is 0 Å². The molecule has 1 heteroatoms.